The van der Waals surface area contributed by atoms with Crippen LogP contribution >= 0.6 is 0 Å². The van der Waals surface area contributed by atoms with Gasteiger partial charge < -0.3 is 10.6 Å². The van der Waals surface area contributed by atoms with E-state index in [1.807, 2.05) is 0 Å². The molecular formula is C13H20N4O2. The van der Waals surface area contributed by atoms with Crippen molar-refractivity contribution >= 4 is 11.5 Å². The first-order chi connectivity index (χ1) is 9.08. The maximum atomic E-state index is 11.0. The molecule has 0 aliphatic carbocycles. The maximum absolute atomic E-state index is 11.0. The Balaban J connectivity index is 2.11. The van der Waals surface area contributed by atoms with Crippen molar-refractivity contribution in [3.63, 3.8) is 0 Å². The van der Waals surface area contributed by atoms with Crippen LogP contribution in [0.3, 0.4) is 0 Å². The first-order valence-electron chi connectivity index (χ1n) is 6.66. The summed E-state index contributed by atoms with van der Waals surface area (Å²) < 4.78 is 0. The zero-order valence-corrected chi connectivity index (χ0v) is 11.3. The highest BCUT2D eigenvalue weighted by Crippen LogP contribution is 2.25. The highest BCUT2D eigenvalue weighted by Gasteiger charge is 2.23. The fourth-order valence-corrected chi connectivity index (χ4v) is 2.44. The molecule has 19 heavy (non-hydrogen) atoms. The van der Waals surface area contributed by atoms with Crippen LogP contribution in [0.5, 0.6) is 0 Å². The maximum Gasteiger partial charge on any atom is 0.311 e. The van der Waals surface area contributed by atoms with Crippen molar-refractivity contribution in [2.45, 2.75) is 32.7 Å². The van der Waals surface area contributed by atoms with E-state index >= 15 is 0 Å². The summed E-state index contributed by atoms with van der Waals surface area (Å²) in [5.74, 6) is 0.852. The Morgan fingerprint density at radius 3 is 3.05 bits per heavy atom. The quantitative estimate of drug-likeness (QED) is 0.643. The Bertz CT molecular complexity index is 458. The third-order valence-corrected chi connectivity index (χ3v) is 3.61. The summed E-state index contributed by atoms with van der Waals surface area (Å²) in [5.41, 5.74) is 0.847. The van der Waals surface area contributed by atoms with Crippen molar-refractivity contribution in [1.29, 1.82) is 0 Å². The molecule has 1 saturated heterocycles. The molecule has 2 N–H and O–H groups in total. The Labute approximate surface area is 112 Å². The molecular weight excluding hydrogens is 244 g/mol. The fraction of sp³-hybridized carbons (Fsp3) is 0.615. The van der Waals surface area contributed by atoms with Gasteiger partial charge in [0.25, 0.3) is 0 Å². The van der Waals surface area contributed by atoms with Crippen LogP contribution in [0.2, 0.25) is 0 Å². The van der Waals surface area contributed by atoms with Gasteiger partial charge in [0.1, 0.15) is 0 Å². The van der Waals surface area contributed by atoms with E-state index < -0.39 is 0 Å². The average molecular weight is 264 g/mol. The summed E-state index contributed by atoms with van der Waals surface area (Å²) in [4.78, 5) is 14.8. The monoisotopic (exact) mass is 264 g/mol. The molecule has 1 aliphatic heterocycles. The zero-order chi connectivity index (χ0) is 13.8. The summed E-state index contributed by atoms with van der Waals surface area (Å²) in [6.07, 6.45) is 3.95. The minimum atomic E-state index is -0.381. The Kier molecular flexibility index (Phi) is 4.31. The lowest BCUT2D eigenvalue weighted by molar-refractivity contribution is -0.384. The molecule has 0 saturated carbocycles. The molecule has 6 heteroatoms. The summed E-state index contributed by atoms with van der Waals surface area (Å²) in [7, 11) is 0. The van der Waals surface area contributed by atoms with Gasteiger partial charge in [-0.05, 0) is 51.3 Å². The average Bonchev–Trinajstić information content (AvgIpc) is 2.41. The number of rotatable bonds is 4. The predicted molar refractivity (Wildman–Crippen MR) is 74.3 cm³/mol. The van der Waals surface area contributed by atoms with E-state index in [4.69, 9.17) is 0 Å². The Morgan fingerprint density at radius 2 is 2.42 bits per heavy atom. The molecule has 1 fully saturated rings. The molecule has 2 heterocycles. The number of nitro groups is 1. The normalized spacial score (nSPS) is 20.8. The second kappa shape index (κ2) is 5.97. The first-order valence-corrected chi connectivity index (χ1v) is 6.66. The van der Waals surface area contributed by atoms with Crippen LogP contribution in [0.25, 0.3) is 0 Å². The van der Waals surface area contributed by atoms with Crippen molar-refractivity contribution < 1.29 is 4.92 Å². The Morgan fingerprint density at radius 1 is 1.63 bits per heavy atom. The molecule has 0 radical (unpaired) electrons. The van der Waals surface area contributed by atoms with Gasteiger partial charge >= 0.3 is 5.69 Å². The lowest BCUT2D eigenvalue weighted by Gasteiger charge is -2.29. The van der Waals surface area contributed by atoms with Gasteiger partial charge in [0, 0.05) is 18.3 Å². The SMILES string of the molecule is Cc1cnc(NC(C)C2CCCNC2)c([N+](=O)[O-])c1. The molecule has 0 amide bonds. The molecule has 1 aromatic rings. The summed E-state index contributed by atoms with van der Waals surface area (Å²) in [6.45, 7) is 5.88. The number of pyridine rings is 1. The molecule has 2 atom stereocenters. The first kappa shape index (κ1) is 13.7. The minimum Gasteiger partial charge on any atom is -0.362 e. The molecule has 0 spiro atoms. The van der Waals surface area contributed by atoms with E-state index in [0.717, 1.165) is 31.5 Å². The molecule has 0 aromatic carbocycles. The third kappa shape index (κ3) is 3.41. The lowest BCUT2D eigenvalue weighted by Crippen LogP contribution is -2.39. The van der Waals surface area contributed by atoms with Crippen molar-refractivity contribution in [2.24, 2.45) is 5.92 Å². The second-order valence-corrected chi connectivity index (χ2v) is 5.18. The molecule has 2 rings (SSSR count). The number of piperidine rings is 1. The van der Waals surface area contributed by atoms with Crippen LogP contribution in [0.1, 0.15) is 25.3 Å². The van der Waals surface area contributed by atoms with E-state index in [2.05, 4.69) is 22.5 Å². The van der Waals surface area contributed by atoms with Crippen molar-refractivity contribution in [2.75, 3.05) is 18.4 Å². The number of hydrogen-bond acceptors (Lipinski definition) is 5. The Hall–Kier alpha value is -1.69. The van der Waals surface area contributed by atoms with Crippen molar-refractivity contribution in [1.82, 2.24) is 10.3 Å². The molecule has 0 bridgehead atoms. The molecule has 1 aliphatic rings. The van der Waals surface area contributed by atoms with Crippen molar-refractivity contribution in [3.05, 3.63) is 27.9 Å². The van der Waals surface area contributed by atoms with Crippen LogP contribution in [0.4, 0.5) is 11.5 Å². The van der Waals surface area contributed by atoms with E-state index in [0.29, 0.717) is 11.7 Å². The van der Waals surface area contributed by atoms with Crippen LogP contribution in [0.15, 0.2) is 12.3 Å². The van der Waals surface area contributed by atoms with Crippen LogP contribution in [0, 0.1) is 23.0 Å². The minimum absolute atomic E-state index is 0.0515. The molecule has 6 nitrogen and oxygen atoms in total. The van der Waals surface area contributed by atoms with Gasteiger partial charge in [-0.25, -0.2) is 4.98 Å². The number of nitrogens with one attached hydrogen (secondary N) is 2. The van der Waals surface area contributed by atoms with Crippen molar-refractivity contribution in [3.8, 4) is 0 Å². The predicted octanol–water partition coefficient (Wildman–Crippen LogP) is 2.10. The third-order valence-electron chi connectivity index (χ3n) is 3.61. The van der Waals surface area contributed by atoms with Gasteiger partial charge in [0.15, 0.2) is 0 Å². The molecule has 104 valence electrons. The number of aryl methyl sites for hydroxylation is 1. The number of nitrogens with zero attached hydrogens (tertiary/aromatic N) is 2. The fourth-order valence-electron chi connectivity index (χ4n) is 2.44. The summed E-state index contributed by atoms with van der Waals surface area (Å²) >= 11 is 0. The smallest absolute Gasteiger partial charge is 0.311 e. The largest absolute Gasteiger partial charge is 0.362 e. The van der Waals surface area contributed by atoms with E-state index in [9.17, 15) is 10.1 Å². The highest BCUT2D eigenvalue weighted by atomic mass is 16.6. The van der Waals surface area contributed by atoms with Gasteiger partial charge in [-0.1, -0.05) is 0 Å². The van der Waals surface area contributed by atoms with Gasteiger partial charge in [0.05, 0.1) is 4.92 Å². The summed E-state index contributed by atoms with van der Waals surface area (Å²) in [5, 5.41) is 17.6. The van der Waals surface area contributed by atoms with Crippen LogP contribution in [-0.4, -0.2) is 29.0 Å². The van der Waals surface area contributed by atoms with E-state index in [1.54, 1.807) is 19.2 Å². The van der Waals surface area contributed by atoms with Gasteiger partial charge in [0.2, 0.25) is 5.82 Å². The van der Waals surface area contributed by atoms with E-state index in [-0.39, 0.29) is 16.7 Å². The molecule has 2 unspecified atom stereocenters. The number of hydrogen-bond donors (Lipinski definition) is 2. The standard InChI is InChI=1S/C13H20N4O2/c1-9-6-12(17(18)19)13(15-7-9)16-10(2)11-4-3-5-14-8-11/h6-7,10-11,14H,3-5,8H2,1-2H3,(H,15,16). The lowest BCUT2D eigenvalue weighted by atomic mass is 9.93. The zero-order valence-electron chi connectivity index (χ0n) is 11.3. The van der Waals surface area contributed by atoms with Gasteiger partial charge in [-0.15, -0.1) is 0 Å². The second-order valence-electron chi connectivity index (χ2n) is 5.18. The van der Waals surface area contributed by atoms with Gasteiger partial charge in [-0.3, -0.25) is 10.1 Å². The van der Waals surface area contributed by atoms with Crippen LogP contribution in [-0.2, 0) is 0 Å². The van der Waals surface area contributed by atoms with E-state index in [1.165, 1.54) is 0 Å². The van der Waals surface area contributed by atoms with Gasteiger partial charge in [-0.2, -0.15) is 0 Å². The topological polar surface area (TPSA) is 80.1 Å². The number of anilines is 1. The number of aromatic nitrogens is 1. The molecule has 1 aromatic heterocycles. The van der Waals surface area contributed by atoms with Crippen LogP contribution < -0.4 is 10.6 Å². The summed E-state index contributed by atoms with van der Waals surface area (Å²) in [6, 6.07) is 1.72. The highest BCUT2D eigenvalue weighted by molar-refractivity contribution is 5.57.